The first kappa shape index (κ1) is 15.8. The zero-order valence-electron chi connectivity index (χ0n) is 14.5. The number of benzene rings is 1. The van der Waals surface area contributed by atoms with Gasteiger partial charge in [-0.1, -0.05) is 26.8 Å². The number of hydrogen-bond acceptors (Lipinski definition) is 3. The van der Waals surface area contributed by atoms with E-state index in [4.69, 9.17) is 4.74 Å². The molecule has 1 aliphatic carbocycles. The van der Waals surface area contributed by atoms with E-state index in [1.807, 2.05) is 12.1 Å². The van der Waals surface area contributed by atoms with Gasteiger partial charge in [-0.05, 0) is 55.0 Å². The number of rotatable bonds is 3. The molecule has 0 radical (unpaired) electrons. The van der Waals surface area contributed by atoms with Gasteiger partial charge >= 0.3 is 0 Å². The Hall–Kier alpha value is -1.06. The third-order valence-corrected chi connectivity index (χ3v) is 6.59. The summed E-state index contributed by atoms with van der Waals surface area (Å²) < 4.78 is 5.49. The van der Waals surface area contributed by atoms with Gasteiger partial charge < -0.3 is 9.84 Å². The van der Waals surface area contributed by atoms with Gasteiger partial charge in [0.25, 0.3) is 0 Å². The first-order chi connectivity index (χ1) is 10.3. The van der Waals surface area contributed by atoms with Gasteiger partial charge in [0.2, 0.25) is 0 Å². The number of piperidine rings is 1. The van der Waals surface area contributed by atoms with E-state index in [1.54, 1.807) is 7.11 Å². The summed E-state index contributed by atoms with van der Waals surface area (Å²) in [5.74, 6) is 0.393. The Morgan fingerprint density at radius 1 is 1.36 bits per heavy atom. The highest BCUT2D eigenvalue weighted by atomic mass is 16.5. The van der Waals surface area contributed by atoms with Crippen LogP contribution in [0.2, 0.25) is 0 Å². The lowest BCUT2D eigenvalue weighted by Crippen LogP contribution is -2.64. The Labute approximate surface area is 134 Å². The average Bonchev–Trinajstić information content (AvgIpc) is 2.46. The number of nitrogens with zero attached hydrogens (tertiary/aromatic N) is 1. The highest BCUT2D eigenvalue weighted by molar-refractivity contribution is 5.45. The zero-order valence-corrected chi connectivity index (χ0v) is 14.5. The van der Waals surface area contributed by atoms with Crippen LogP contribution in [0.15, 0.2) is 18.2 Å². The number of methoxy groups -OCH3 is 1. The maximum absolute atomic E-state index is 9.95. The molecule has 1 aromatic carbocycles. The van der Waals surface area contributed by atoms with Crippen molar-refractivity contribution in [1.29, 1.82) is 0 Å². The van der Waals surface area contributed by atoms with E-state index < -0.39 is 0 Å². The molecule has 1 aliphatic heterocycles. The van der Waals surface area contributed by atoms with Gasteiger partial charge in [-0.25, -0.2) is 0 Å². The summed E-state index contributed by atoms with van der Waals surface area (Å²) in [6.45, 7) is 11.4. The molecule has 1 heterocycles. The topological polar surface area (TPSA) is 32.7 Å². The van der Waals surface area contributed by atoms with Crippen molar-refractivity contribution in [3.05, 3.63) is 29.3 Å². The maximum atomic E-state index is 9.95. The van der Waals surface area contributed by atoms with Crippen LogP contribution >= 0.6 is 0 Å². The summed E-state index contributed by atoms with van der Waals surface area (Å²) >= 11 is 0. The summed E-state index contributed by atoms with van der Waals surface area (Å²) in [4.78, 5) is 2.62. The fraction of sp³-hybridized carbons (Fsp3) is 0.684. The summed E-state index contributed by atoms with van der Waals surface area (Å²) in [6, 6.07) is 6.48. The normalized spacial score (nSPS) is 31.6. The smallest absolute Gasteiger partial charge is 0.115 e. The van der Waals surface area contributed by atoms with Gasteiger partial charge in [-0.15, -0.1) is 0 Å². The van der Waals surface area contributed by atoms with Crippen LogP contribution in [0.5, 0.6) is 5.75 Å². The van der Waals surface area contributed by atoms with Crippen molar-refractivity contribution >= 4 is 0 Å². The lowest BCUT2D eigenvalue weighted by molar-refractivity contribution is -0.0569. The fourth-order valence-corrected chi connectivity index (χ4v) is 4.62. The first-order valence-electron chi connectivity index (χ1n) is 8.39. The molecule has 0 amide bonds. The number of ether oxygens (including phenoxy) is 1. The van der Waals surface area contributed by atoms with Gasteiger partial charge in [0.1, 0.15) is 5.75 Å². The lowest BCUT2D eigenvalue weighted by atomic mass is 9.51. The van der Waals surface area contributed by atoms with Gasteiger partial charge in [0.15, 0.2) is 0 Å². The van der Waals surface area contributed by atoms with E-state index in [1.165, 1.54) is 11.1 Å². The standard InChI is InChI=1S/C19H29NO2/c1-13(22-5)12-20-9-8-19(4)16-11-15(21)7-6-14(16)10-17(20)18(19,2)3/h6-7,11,13,17,21H,8-10,12H2,1-5H3/t13?,17-,19-/m1/s1. The second kappa shape index (κ2) is 5.24. The third kappa shape index (κ3) is 2.17. The molecule has 122 valence electrons. The van der Waals surface area contributed by atoms with Crippen molar-refractivity contribution in [2.45, 2.75) is 58.1 Å². The maximum Gasteiger partial charge on any atom is 0.115 e. The second-order valence-corrected chi connectivity index (χ2v) is 7.91. The largest absolute Gasteiger partial charge is 0.508 e. The van der Waals surface area contributed by atoms with Gasteiger partial charge in [-0.3, -0.25) is 4.90 Å². The monoisotopic (exact) mass is 303 g/mol. The number of likely N-dealkylation sites (tertiary alicyclic amines) is 1. The number of fused-ring (bicyclic) bond motifs is 4. The van der Waals surface area contributed by atoms with Gasteiger partial charge in [0.05, 0.1) is 6.10 Å². The SMILES string of the molecule is COC(C)CN1CC[C@]2(C)c3cc(O)ccc3C[C@@H]1C2(C)C. The van der Waals surface area contributed by atoms with Crippen molar-refractivity contribution in [3.63, 3.8) is 0 Å². The second-order valence-electron chi connectivity index (χ2n) is 7.91. The molecule has 3 atom stereocenters. The molecule has 0 saturated carbocycles. The van der Waals surface area contributed by atoms with E-state index in [-0.39, 0.29) is 16.9 Å². The summed E-state index contributed by atoms with van der Waals surface area (Å²) in [6.07, 6.45) is 2.46. The molecule has 2 aliphatic rings. The molecule has 1 saturated heterocycles. The predicted molar refractivity (Wildman–Crippen MR) is 89.4 cm³/mol. The molecule has 3 heteroatoms. The van der Waals surface area contributed by atoms with Crippen molar-refractivity contribution in [2.24, 2.45) is 5.41 Å². The van der Waals surface area contributed by atoms with Crippen molar-refractivity contribution in [2.75, 3.05) is 20.2 Å². The van der Waals surface area contributed by atoms with Crippen LogP contribution in [0.25, 0.3) is 0 Å². The quantitative estimate of drug-likeness (QED) is 0.929. The molecule has 22 heavy (non-hydrogen) atoms. The number of aromatic hydroxyl groups is 1. The number of hydrogen-bond donors (Lipinski definition) is 1. The molecule has 3 nitrogen and oxygen atoms in total. The van der Waals surface area contributed by atoms with Crippen LogP contribution in [0.4, 0.5) is 0 Å². The van der Waals surface area contributed by atoms with E-state index >= 15 is 0 Å². The van der Waals surface area contributed by atoms with Crippen LogP contribution in [0, 0.1) is 5.41 Å². The number of phenolic OH excluding ortho intramolecular Hbond substituents is 1. The Morgan fingerprint density at radius 3 is 2.77 bits per heavy atom. The summed E-state index contributed by atoms with van der Waals surface area (Å²) in [7, 11) is 1.79. The van der Waals surface area contributed by atoms with E-state index in [2.05, 4.69) is 38.7 Å². The minimum absolute atomic E-state index is 0.122. The Balaban J connectivity index is 2.02. The Bertz CT molecular complexity index is 569. The Morgan fingerprint density at radius 2 is 2.09 bits per heavy atom. The van der Waals surface area contributed by atoms with E-state index in [0.717, 1.165) is 25.9 Å². The third-order valence-electron chi connectivity index (χ3n) is 6.59. The molecule has 1 fully saturated rings. The van der Waals surface area contributed by atoms with Gasteiger partial charge in [0, 0.05) is 25.1 Å². The Kier molecular flexibility index (Phi) is 3.77. The van der Waals surface area contributed by atoms with Crippen LogP contribution in [-0.2, 0) is 16.6 Å². The fourth-order valence-electron chi connectivity index (χ4n) is 4.62. The van der Waals surface area contributed by atoms with E-state index in [0.29, 0.717) is 11.8 Å². The highest BCUT2D eigenvalue weighted by Gasteiger charge is 2.55. The molecule has 0 spiro atoms. The molecular formula is C19H29NO2. The number of phenols is 1. The molecule has 0 aromatic heterocycles. The minimum Gasteiger partial charge on any atom is -0.508 e. The molecule has 1 aromatic rings. The van der Waals surface area contributed by atoms with Crippen molar-refractivity contribution in [1.82, 2.24) is 4.90 Å². The minimum atomic E-state index is 0.122. The van der Waals surface area contributed by atoms with Crippen molar-refractivity contribution in [3.8, 4) is 5.75 Å². The average molecular weight is 303 g/mol. The van der Waals surface area contributed by atoms with Crippen LogP contribution in [0.1, 0.15) is 45.2 Å². The molecule has 3 rings (SSSR count). The summed E-state index contributed by atoms with van der Waals surface area (Å²) in [5, 5.41) is 9.95. The van der Waals surface area contributed by atoms with Gasteiger partial charge in [-0.2, -0.15) is 0 Å². The molecule has 1 N–H and O–H groups in total. The molecule has 2 bridgehead atoms. The van der Waals surface area contributed by atoms with Crippen LogP contribution in [0.3, 0.4) is 0 Å². The predicted octanol–water partition coefficient (Wildman–Crippen LogP) is 3.34. The first-order valence-corrected chi connectivity index (χ1v) is 8.39. The molecular weight excluding hydrogens is 274 g/mol. The van der Waals surface area contributed by atoms with Crippen LogP contribution in [-0.4, -0.2) is 42.4 Å². The highest BCUT2D eigenvalue weighted by Crippen LogP contribution is 2.56. The summed E-state index contributed by atoms with van der Waals surface area (Å²) in [5.41, 5.74) is 3.06. The molecule has 1 unspecified atom stereocenters. The lowest BCUT2D eigenvalue weighted by Gasteiger charge is -2.61. The van der Waals surface area contributed by atoms with Crippen molar-refractivity contribution < 1.29 is 9.84 Å². The zero-order chi connectivity index (χ0) is 16.1. The van der Waals surface area contributed by atoms with E-state index in [9.17, 15) is 5.11 Å². The van der Waals surface area contributed by atoms with Crippen LogP contribution < -0.4 is 0 Å².